The van der Waals surface area contributed by atoms with Crippen molar-refractivity contribution in [2.45, 2.75) is 25.2 Å². The van der Waals surface area contributed by atoms with Crippen LogP contribution in [0.3, 0.4) is 0 Å². The van der Waals surface area contributed by atoms with Crippen LogP contribution in [0.15, 0.2) is 0 Å². The van der Waals surface area contributed by atoms with Gasteiger partial charge in [-0.15, -0.1) is 0 Å². The zero-order valence-electron chi connectivity index (χ0n) is 8.64. The monoisotopic (exact) mass is 191 g/mol. The molecule has 4 heteroatoms. The average Bonchev–Trinajstić information content (AvgIpc) is 2.12. The zero-order chi connectivity index (χ0) is 9.45. The van der Waals surface area contributed by atoms with Crippen molar-refractivity contribution in [3.63, 3.8) is 0 Å². The van der Waals surface area contributed by atoms with Crippen LogP contribution < -0.4 is 5.32 Å². The summed E-state index contributed by atoms with van der Waals surface area (Å²) in [6, 6.07) is 0. The van der Waals surface area contributed by atoms with E-state index in [1.807, 2.05) is 0 Å². The number of methoxy groups -OCH3 is 2. The molecule has 0 rings (SSSR count). The summed E-state index contributed by atoms with van der Waals surface area (Å²) in [5.74, 6) is 0. The summed E-state index contributed by atoms with van der Waals surface area (Å²) in [5, 5.41) is 3.27. The average molecular weight is 191 g/mol. The van der Waals surface area contributed by atoms with Gasteiger partial charge in [0.15, 0.2) is 0 Å². The molecule has 0 heterocycles. The van der Waals surface area contributed by atoms with Gasteiger partial charge in [-0.05, 0) is 25.9 Å². The van der Waals surface area contributed by atoms with Crippen molar-refractivity contribution in [2.24, 2.45) is 0 Å². The molecule has 0 spiro atoms. The lowest BCUT2D eigenvalue weighted by Crippen LogP contribution is -2.35. The maximum atomic E-state index is 5.28. The largest absolute Gasteiger partial charge is 0.358 e. The van der Waals surface area contributed by atoms with E-state index in [0.29, 0.717) is 0 Å². The Balaban J connectivity index is 3.45. The van der Waals surface area contributed by atoms with E-state index >= 15 is 0 Å². The molecule has 0 aromatic heterocycles. The molecule has 0 saturated heterocycles. The van der Waals surface area contributed by atoms with Crippen molar-refractivity contribution in [1.29, 1.82) is 0 Å². The van der Waals surface area contributed by atoms with Crippen LogP contribution in [-0.4, -0.2) is 43.0 Å². The summed E-state index contributed by atoms with van der Waals surface area (Å²) in [6.45, 7) is 4.20. The second-order valence-electron chi connectivity index (χ2n) is 3.00. The molecular formula is C8H21NO2Si. The van der Waals surface area contributed by atoms with Crippen molar-refractivity contribution in [3.05, 3.63) is 0 Å². The molecule has 0 bridgehead atoms. The minimum atomic E-state index is -0.268. The van der Waals surface area contributed by atoms with Crippen LogP contribution in [0.2, 0.25) is 0 Å². The van der Waals surface area contributed by atoms with Gasteiger partial charge in [0, 0.05) is 14.2 Å². The summed E-state index contributed by atoms with van der Waals surface area (Å²) >= 11 is 0. The predicted octanol–water partition coefficient (Wildman–Crippen LogP) is -0.312. The Kier molecular flexibility index (Phi) is 6.65. The van der Waals surface area contributed by atoms with Crippen molar-refractivity contribution in [2.75, 3.05) is 27.3 Å². The van der Waals surface area contributed by atoms with Crippen molar-refractivity contribution in [1.82, 2.24) is 5.32 Å². The molecule has 0 fully saturated rings. The summed E-state index contributed by atoms with van der Waals surface area (Å²) in [7, 11) is 4.34. The zero-order valence-corrected chi connectivity index (χ0v) is 10.6. The molecule has 0 amide bonds. The smallest absolute Gasteiger partial charge is 0.140 e. The molecule has 0 aromatic rings. The molecule has 0 aromatic carbocycles. The minimum Gasteiger partial charge on any atom is -0.358 e. The van der Waals surface area contributed by atoms with Gasteiger partial charge in [-0.3, -0.25) is 0 Å². The minimum absolute atomic E-state index is 0.268. The van der Waals surface area contributed by atoms with Gasteiger partial charge in [-0.25, -0.2) is 0 Å². The first-order valence-electron chi connectivity index (χ1n) is 4.49. The van der Waals surface area contributed by atoms with Crippen LogP contribution >= 0.6 is 0 Å². The SMILES string of the molecule is CCNCCCC([SiH3])(OC)OC. The highest BCUT2D eigenvalue weighted by Crippen LogP contribution is 2.12. The van der Waals surface area contributed by atoms with Gasteiger partial charge in [0.2, 0.25) is 0 Å². The molecular weight excluding hydrogens is 170 g/mol. The van der Waals surface area contributed by atoms with Crippen LogP contribution in [0.25, 0.3) is 0 Å². The first-order valence-corrected chi connectivity index (χ1v) is 5.49. The number of hydrogen-bond donors (Lipinski definition) is 1. The Bertz CT molecular complexity index is 107. The van der Waals surface area contributed by atoms with E-state index in [2.05, 4.69) is 12.2 Å². The van der Waals surface area contributed by atoms with Crippen molar-refractivity contribution < 1.29 is 9.47 Å². The Morgan fingerprint density at radius 2 is 1.92 bits per heavy atom. The van der Waals surface area contributed by atoms with E-state index in [-0.39, 0.29) is 5.41 Å². The van der Waals surface area contributed by atoms with Gasteiger partial charge >= 0.3 is 0 Å². The number of nitrogens with one attached hydrogen (secondary N) is 1. The molecule has 1 N–H and O–H groups in total. The van der Waals surface area contributed by atoms with E-state index in [4.69, 9.17) is 9.47 Å². The Hall–Kier alpha value is 0.0969. The first kappa shape index (κ1) is 12.1. The molecule has 0 radical (unpaired) electrons. The highest BCUT2D eigenvalue weighted by molar-refractivity contribution is 6.13. The quantitative estimate of drug-likeness (QED) is 0.340. The van der Waals surface area contributed by atoms with Gasteiger partial charge in [-0.2, -0.15) is 0 Å². The Morgan fingerprint density at radius 1 is 1.33 bits per heavy atom. The van der Waals surface area contributed by atoms with Crippen LogP contribution in [0.4, 0.5) is 0 Å². The molecule has 0 aliphatic rings. The number of ether oxygens (including phenoxy) is 2. The molecule has 0 atom stereocenters. The van der Waals surface area contributed by atoms with E-state index in [1.54, 1.807) is 14.2 Å². The van der Waals surface area contributed by atoms with E-state index in [0.717, 1.165) is 36.2 Å². The summed E-state index contributed by atoms with van der Waals surface area (Å²) in [5.41, 5.74) is -0.268. The van der Waals surface area contributed by atoms with Gasteiger partial charge in [0.05, 0.1) is 10.2 Å². The molecule has 74 valence electrons. The molecule has 0 aliphatic carbocycles. The maximum absolute atomic E-state index is 5.28. The van der Waals surface area contributed by atoms with Crippen molar-refractivity contribution >= 4 is 10.2 Å². The lowest BCUT2D eigenvalue weighted by molar-refractivity contribution is -0.146. The predicted molar refractivity (Wildman–Crippen MR) is 54.5 cm³/mol. The Labute approximate surface area is 78.2 Å². The third-order valence-corrected chi connectivity index (χ3v) is 3.41. The third kappa shape index (κ3) is 4.87. The van der Waals surface area contributed by atoms with E-state index < -0.39 is 0 Å². The molecule has 12 heavy (non-hydrogen) atoms. The standard InChI is InChI=1S/C8H21NO2Si/c1-4-9-7-5-6-8(12,10-2)11-3/h9H,4-7H2,1-3,12H3. The van der Waals surface area contributed by atoms with Gasteiger partial charge in [0.1, 0.15) is 5.41 Å². The fraction of sp³-hybridized carbons (Fsp3) is 1.00. The van der Waals surface area contributed by atoms with E-state index in [9.17, 15) is 0 Å². The highest BCUT2D eigenvalue weighted by Gasteiger charge is 2.20. The normalized spacial score (nSPS) is 12.2. The molecule has 0 unspecified atom stereocenters. The summed E-state index contributed by atoms with van der Waals surface area (Å²) in [4.78, 5) is 0. The molecule has 0 aliphatic heterocycles. The number of hydrogen-bond acceptors (Lipinski definition) is 3. The highest BCUT2D eigenvalue weighted by atomic mass is 28.1. The van der Waals surface area contributed by atoms with Gasteiger partial charge in [0.25, 0.3) is 0 Å². The summed E-state index contributed by atoms with van der Waals surface area (Å²) < 4.78 is 10.6. The van der Waals surface area contributed by atoms with Crippen LogP contribution in [0, 0.1) is 0 Å². The van der Waals surface area contributed by atoms with Gasteiger partial charge < -0.3 is 14.8 Å². The second kappa shape index (κ2) is 6.60. The van der Waals surface area contributed by atoms with Crippen LogP contribution in [0.1, 0.15) is 19.8 Å². The fourth-order valence-corrected chi connectivity index (χ4v) is 1.35. The third-order valence-electron chi connectivity index (χ3n) is 2.10. The summed E-state index contributed by atoms with van der Waals surface area (Å²) in [6.07, 6.45) is 2.10. The first-order chi connectivity index (χ1) is 5.68. The molecule has 3 nitrogen and oxygen atoms in total. The Morgan fingerprint density at radius 3 is 2.33 bits per heavy atom. The lowest BCUT2D eigenvalue weighted by Gasteiger charge is -2.26. The van der Waals surface area contributed by atoms with Gasteiger partial charge in [-0.1, -0.05) is 6.92 Å². The lowest BCUT2D eigenvalue weighted by atomic mass is 10.3. The van der Waals surface area contributed by atoms with Crippen LogP contribution in [0.5, 0.6) is 0 Å². The second-order valence-corrected chi connectivity index (χ2v) is 4.52. The molecule has 0 saturated carbocycles. The fourth-order valence-electron chi connectivity index (χ4n) is 0.999. The number of rotatable bonds is 7. The maximum Gasteiger partial charge on any atom is 0.140 e. The van der Waals surface area contributed by atoms with E-state index in [1.165, 1.54) is 0 Å². The topological polar surface area (TPSA) is 30.5 Å². The van der Waals surface area contributed by atoms with Crippen molar-refractivity contribution in [3.8, 4) is 0 Å². The van der Waals surface area contributed by atoms with Crippen LogP contribution in [-0.2, 0) is 9.47 Å².